The van der Waals surface area contributed by atoms with Crippen LogP contribution in [-0.2, 0) is 6.54 Å². The maximum absolute atomic E-state index is 12.6. The van der Waals surface area contributed by atoms with Crippen molar-refractivity contribution in [1.82, 2.24) is 30.1 Å². The summed E-state index contributed by atoms with van der Waals surface area (Å²) in [5, 5.41) is 16.7. The van der Waals surface area contributed by atoms with Crippen LogP contribution in [0.25, 0.3) is 5.69 Å². The number of aryl methyl sites for hydroxylation is 1. The molecule has 1 fully saturated rings. The van der Waals surface area contributed by atoms with Gasteiger partial charge >= 0.3 is 0 Å². The summed E-state index contributed by atoms with van der Waals surface area (Å²) in [7, 11) is 0. The molecule has 4 rings (SSSR count). The van der Waals surface area contributed by atoms with Gasteiger partial charge in [0, 0.05) is 37.3 Å². The van der Waals surface area contributed by atoms with Gasteiger partial charge in [0.05, 0.1) is 35.5 Å². The van der Waals surface area contributed by atoms with Crippen LogP contribution in [0.2, 0.25) is 5.02 Å². The van der Waals surface area contributed by atoms with Crippen LogP contribution in [0.1, 0.15) is 11.4 Å². The molecule has 27 heavy (non-hydrogen) atoms. The molecular weight excluding hydrogens is 366 g/mol. The summed E-state index contributed by atoms with van der Waals surface area (Å²) in [5.74, 6) is 0. The first-order valence-corrected chi connectivity index (χ1v) is 9.19. The van der Waals surface area contributed by atoms with Gasteiger partial charge in [0.2, 0.25) is 0 Å². The van der Waals surface area contributed by atoms with E-state index in [-0.39, 0.29) is 5.56 Å². The standard InChI is InChI=1S/C18H20ClN7O/c1-13-17(26(23-22-13)15-4-2-14(19)3-5-15)12-25-18(27)10-16(11-21-25)24-8-6-20-7-9-24/h2-5,10-11,20H,6-9,12H2,1H3. The van der Waals surface area contributed by atoms with E-state index in [1.54, 1.807) is 29.1 Å². The second-order valence-electron chi connectivity index (χ2n) is 6.46. The highest BCUT2D eigenvalue weighted by Gasteiger charge is 2.15. The zero-order valence-electron chi connectivity index (χ0n) is 15.0. The number of benzene rings is 1. The number of halogens is 1. The van der Waals surface area contributed by atoms with Crippen molar-refractivity contribution >= 4 is 17.3 Å². The van der Waals surface area contributed by atoms with E-state index in [1.807, 2.05) is 19.1 Å². The summed E-state index contributed by atoms with van der Waals surface area (Å²) < 4.78 is 3.15. The lowest BCUT2D eigenvalue weighted by molar-refractivity contribution is 0.577. The predicted molar refractivity (Wildman–Crippen MR) is 104 cm³/mol. The van der Waals surface area contributed by atoms with E-state index in [0.29, 0.717) is 11.6 Å². The highest BCUT2D eigenvalue weighted by Crippen LogP contribution is 2.17. The number of hydrogen-bond donors (Lipinski definition) is 1. The van der Waals surface area contributed by atoms with Crippen LogP contribution in [0.5, 0.6) is 0 Å². The van der Waals surface area contributed by atoms with Crippen molar-refractivity contribution in [2.45, 2.75) is 13.5 Å². The molecule has 140 valence electrons. The number of hydrogen-bond acceptors (Lipinski definition) is 6. The third-order valence-corrected chi connectivity index (χ3v) is 4.92. The maximum atomic E-state index is 12.6. The molecule has 3 aromatic rings. The highest BCUT2D eigenvalue weighted by molar-refractivity contribution is 6.30. The molecule has 1 saturated heterocycles. The van der Waals surface area contributed by atoms with E-state index >= 15 is 0 Å². The topological polar surface area (TPSA) is 80.9 Å². The quantitative estimate of drug-likeness (QED) is 0.727. The van der Waals surface area contributed by atoms with Crippen molar-refractivity contribution in [3.63, 3.8) is 0 Å². The summed E-state index contributed by atoms with van der Waals surface area (Å²) in [6, 6.07) is 8.96. The Labute approximate surface area is 161 Å². The van der Waals surface area contributed by atoms with E-state index in [1.165, 1.54) is 4.68 Å². The summed E-state index contributed by atoms with van der Waals surface area (Å²) in [4.78, 5) is 14.8. The molecule has 0 aliphatic carbocycles. The van der Waals surface area contributed by atoms with Crippen LogP contribution >= 0.6 is 11.6 Å². The van der Waals surface area contributed by atoms with E-state index in [0.717, 1.165) is 48.9 Å². The largest absolute Gasteiger partial charge is 0.368 e. The third-order valence-electron chi connectivity index (χ3n) is 4.67. The fourth-order valence-corrected chi connectivity index (χ4v) is 3.25. The molecule has 1 aromatic carbocycles. The summed E-state index contributed by atoms with van der Waals surface area (Å²) in [6.07, 6.45) is 1.75. The number of anilines is 1. The van der Waals surface area contributed by atoms with Crippen LogP contribution in [0.3, 0.4) is 0 Å². The zero-order chi connectivity index (χ0) is 18.8. The van der Waals surface area contributed by atoms with Crippen molar-refractivity contribution in [3.05, 3.63) is 63.3 Å². The van der Waals surface area contributed by atoms with Gasteiger partial charge in [-0.2, -0.15) is 5.10 Å². The fourth-order valence-electron chi connectivity index (χ4n) is 3.13. The summed E-state index contributed by atoms with van der Waals surface area (Å²) in [5.41, 5.74) is 3.11. The van der Waals surface area contributed by atoms with Crippen molar-refractivity contribution in [2.75, 3.05) is 31.1 Å². The summed E-state index contributed by atoms with van der Waals surface area (Å²) in [6.45, 7) is 5.73. The molecule has 1 aliphatic heterocycles. The van der Waals surface area contributed by atoms with Crippen molar-refractivity contribution in [3.8, 4) is 5.69 Å². The van der Waals surface area contributed by atoms with Crippen LogP contribution < -0.4 is 15.8 Å². The second-order valence-corrected chi connectivity index (χ2v) is 6.89. The molecule has 0 amide bonds. The van der Waals surface area contributed by atoms with Gasteiger partial charge in [-0.05, 0) is 31.2 Å². The van der Waals surface area contributed by atoms with Crippen molar-refractivity contribution in [1.29, 1.82) is 0 Å². The molecule has 2 aromatic heterocycles. The Morgan fingerprint density at radius 3 is 2.59 bits per heavy atom. The molecule has 1 N–H and O–H groups in total. The first kappa shape index (κ1) is 17.7. The minimum absolute atomic E-state index is 0.144. The van der Waals surface area contributed by atoms with Gasteiger partial charge in [0.25, 0.3) is 5.56 Å². The lowest BCUT2D eigenvalue weighted by Crippen LogP contribution is -2.44. The maximum Gasteiger partial charge on any atom is 0.269 e. The molecule has 3 heterocycles. The number of nitrogens with one attached hydrogen (secondary N) is 1. The Bertz CT molecular complexity index is 990. The molecule has 0 unspecified atom stereocenters. The van der Waals surface area contributed by atoms with Gasteiger partial charge in [-0.3, -0.25) is 4.79 Å². The smallest absolute Gasteiger partial charge is 0.269 e. The minimum atomic E-state index is -0.144. The number of aromatic nitrogens is 5. The number of nitrogens with zero attached hydrogens (tertiary/aromatic N) is 6. The molecule has 1 aliphatic rings. The van der Waals surface area contributed by atoms with Crippen LogP contribution in [0.15, 0.2) is 41.3 Å². The van der Waals surface area contributed by atoms with Crippen LogP contribution in [0, 0.1) is 6.92 Å². The van der Waals surface area contributed by atoms with Crippen LogP contribution in [-0.4, -0.2) is 51.0 Å². The predicted octanol–water partition coefficient (Wildman–Crippen LogP) is 1.24. The Morgan fingerprint density at radius 1 is 1.15 bits per heavy atom. The van der Waals surface area contributed by atoms with E-state index in [9.17, 15) is 4.79 Å². The van der Waals surface area contributed by atoms with Gasteiger partial charge < -0.3 is 10.2 Å². The molecule has 0 saturated carbocycles. The zero-order valence-corrected chi connectivity index (χ0v) is 15.7. The molecule has 0 spiro atoms. The average Bonchev–Trinajstić information content (AvgIpc) is 3.05. The van der Waals surface area contributed by atoms with Crippen LogP contribution in [0.4, 0.5) is 5.69 Å². The summed E-state index contributed by atoms with van der Waals surface area (Å²) >= 11 is 5.96. The Kier molecular flexibility index (Phi) is 4.91. The second kappa shape index (κ2) is 7.50. The Morgan fingerprint density at radius 2 is 1.89 bits per heavy atom. The first-order chi connectivity index (χ1) is 13.1. The van der Waals surface area contributed by atoms with Gasteiger partial charge in [0.15, 0.2) is 0 Å². The molecule has 0 radical (unpaired) electrons. The number of rotatable bonds is 4. The molecular formula is C18H20ClN7O. The third kappa shape index (κ3) is 3.72. The van der Waals surface area contributed by atoms with Gasteiger partial charge in [-0.25, -0.2) is 9.36 Å². The Hall–Kier alpha value is -2.71. The minimum Gasteiger partial charge on any atom is -0.368 e. The molecule has 8 nitrogen and oxygen atoms in total. The van der Waals surface area contributed by atoms with E-state index in [2.05, 4.69) is 25.6 Å². The van der Waals surface area contributed by atoms with E-state index < -0.39 is 0 Å². The molecule has 9 heteroatoms. The number of piperazine rings is 1. The normalized spacial score (nSPS) is 14.5. The van der Waals surface area contributed by atoms with Gasteiger partial charge in [-0.15, -0.1) is 5.10 Å². The first-order valence-electron chi connectivity index (χ1n) is 8.82. The van der Waals surface area contributed by atoms with Crippen molar-refractivity contribution < 1.29 is 0 Å². The monoisotopic (exact) mass is 385 g/mol. The SMILES string of the molecule is Cc1nnn(-c2ccc(Cl)cc2)c1Cn1ncc(N2CCNCC2)cc1=O. The highest BCUT2D eigenvalue weighted by atomic mass is 35.5. The average molecular weight is 386 g/mol. The van der Waals surface area contributed by atoms with E-state index in [4.69, 9.17) is 11.6 Å². The lowest BCUT2D eigenvalue weighted by Gasteiger charge is -2.28. The van der Waals surface area contributed by atoms with Gasteiger partial charge in [-0.1, -0.05) is 16.8 Å². The fraction of sp³-hybridized carbons (Fsp3) is 0.333. The van der Waals surface area contributed by atoms with Crippen molar-refractivity contribution in [2.24, 2.45) is 0 Å². The molecule has 0 atom stereocenters. The molecule has 0 bridgehead atoms. The lowest BCUT2D eigenvalue weighted by atomic mass is 10.3. The Balaban J connectivity index is 1.62. The van der Waals surface area contributed by atoms with Gasteiger partial charge in [0.1, 0.15) is 0 Å².